The molecule has 0 heterocycles. The van der Waals surface area contributed by atoms with Crippen molar-refractivity contribution in [1.29, 1.82) is 0 Å². The maximum atomic E-state index is 12.9. The van der Waals surface area contributed by atoms with Crippen molar-refractivity contribution in [3.63, 3.8) is 0 Å². The molecule has 0 aliphatic heterocycles. The van der Waals surface area contributed by atoms with E-state index in [0.29, 0.717) is 5.92 Å². The van der Waals surface area contributed by atoms with Crippen molar-refractivity contribution in [1.82, 2.24) is 5.32 Å². The average Bonchev–Trinajstić information content (AvgIpc) is 2.34. The Morgan fingerprint density at radius 2 is 1.94 bits per heavy atom. The maximum Gasteiger partial charge on any atom is 0.123 e. The van der Waals surface area contributed by atoms with Gasteiger partial charge in [0.25, 0.3) is 0 Å². The zero-order valence-electron chi connectivity index (χ0n) is 10.7. The molecule has 0 radical (unpaired) electrons. The zero-order valence-corrected chi connectivity index (χ0v) is 10.7. The van der Waals surface area contributed by atoms with Gasteiger partial charge in [0, 0.05) is 20.3 Å². The summed E-state index contributed by atoms with van der Waals surface area (Å²) in [5.74, 6) is 0.286. The van der Waals surface area contributed by atoms with Crippen molar-refractivity contribution in [2.75, 3.05) is 27.3 Å². The van der Waals surface area contributed by atoms with Crippen molar-refractivity contribution in [3.05, 3.63) is 35.6 Å². The largest absolute Gasteiger partial charge is 0.385 e. The summed E-state index contributed by atoms with van der Waals surface area (Å²) in [5.41, 5.74) is 1.21. The number of unbranched alkanes of at least 4 members (excludes halogenated alkanes) is 1. The molecular formula is C14H22FNO. The highest BCUT2D eigenvalue weighted by Gasteiger charge is 2.10. The van der Waals surface area contributed by atoms with Gasteiger partial charge in [-0.15, -0.1) is 0 Å². The molecule has 0 amide bonds. The Morgan fingerprint density at radius 1 is 1.24 bits per heavy atom. The van der Waals surface area contributed by atoms with Crippen LogP contribution in [0.25, 0.3) is 0 Å². The Morgan fingerprint density at radius 3 is 2.53 bits per heavy atom. The first-order chi connectivity index (χ1) is 8.27. The minimum Gasteiger partial charge on any atom is -0.385 e. The van der Waals surface area contributed by atoms with E-state index in [9.17, 15) is 4.39 Å². The summed E-state index contributed by atoms with van der Waals surface area (Å²) in [4.78, 5) is 0. The van der Waals surface area contributed by atoms with Gasteiger partial charge < -0.3 is 10.1 Å². The molecule has 1 aromatic rings. The smallest absolute Gasteiger partial charge is 0.123 e. The lowest BCUT2D eigenvalue weighted by Crippen LogP contribution is -2.17. The van der Waals surface area contributed by atoms with E-state index in [1.54, 1.807) is 7.11 Å². The molecule has 1 unspecified atom stereocenters. The van der Waals surface area contributed by atoms with Gasteiger partial charge in [-0.25, -0.2) is 4.39 Å². The van der Waals surface area contributed by atoms with Crippen molar-refractivity contribution >= 4 is 0 Å². The average molecular weight is 239 g/mol. The fourth-order valence-corrected chi connectivity index (χ4v) is 2.01. The number of halogens is 1. The standard InChI is InChI=1S/C14H22FNO/c1-16-11-13(5-3-4-10-17-2)12-6-8-14(15)9-7-12/h6-9,13,16H,3-5,10-11H2,1-2H3. The lowest BCUT2D eigenvalue weighted by molar-refractivity contribution is 0.191. The second-order valence-electron chi connectivity index (χ2n) is 4.29. The summed E-state index contributed by atoms with van der Waals surface area (Å²) in [7, 11) is 3.68. The van der Waals surface area contributed by atoms with Crippen LogP contribution in [0.4, 0.5) is 4.39 Å². The van der Waals surface area contributed by atoms with Gasteiger partial charge in [0.2, 0.25) is 0 Å². The third kappa shape index (κ3) is 5.29. The topological polar surface area (TPSA) is 21.3 Å². The van der Waals surface area contributed by atoms with E-state index < -0.39 is 0 Å². The molecule has 0 fully saturated rings. The Bertz CT molecular complexity index is 300. The van der Waals surface area contributed by atoms with Crippen LogP contribution in [0.3, 0.4) is 0 Å². The predicted molar refractivity (Wildman–Crippen MR) is 68.8 cm³/mol. The van der Waals surface area contributed by atoms with E-state index in [2.05, 4.69) is 5.32 Å². The molecular weight excluding hydrogens is 217 g/mol. The molecule has 3 heteroatoms. The van der Waals surface area contributed by atoms with Crippen LogP contribution in [0.2, 0.25) is 0 Å². The van der Waals surface area contributed by atoms with Gasteiger partial charge in [-0.3, -0.25) is 0 Å². The first-order valence-corrected chi connectivity index (χ1v) is 6.17. The molecule has 17 heavy (non-hydrogen) atoms. The molecule has 1 rings (SSSR count). The summed E-state index contributed by atoms with van der Waals surface area (Å²) in [6.45, 7) is 1.74. The Labute approximate surface area is 103 Å². The fourth-order valence-electron chi connectivity index (χ4n) is 2.01. The minimum atomic E-state index is -0.170. The summed E-state index contributed by atoms with van der Waals surface area (Å²) in [6, 6.07) is 6.83. The van der Waals surface area contributed by atoms with Gasteiger partial charge in [0.15, 0.2) is 0 Å². The molecule has 0 aliphatic rings. The molecule has 0 saturated carbocycles. The number of hydrogen-bond donors (Lipinski definition) is 1. The molecule has 1 N–H and O–H groups in total. The van der Waals surface area contributed by atoms with Crippen LogP contribution in [0.15, 0.2) is 24.3 Å². The van der Waals surface area contributed by atoms with Crippen molar-refractivity contribution in [2.45, 2.75) is 25.2 Å². The second kappa shape index (κ2) is 8.20. The molecule has 0 bridgehead atoms. The SMILES string of the molecule is CNCC(CCCCOC)c1ccc(F)cc1. The zero-order chi connectivity index (χ0) is 12.5. The highest BCUT2D eigenvalue weighted by molar-refractivity contribution is 5.20. The second-order valence-corrected chi connectivity index (χ2v) is 4.29. The number of nitrogens with one attached hydrogen (secondary N) is 1. The van der Waals surface area contributed by atoms with Crippen LogP contribution in [0.5, 0.6) is 0 Å². The summed E-state index contributed by atoms with van der Waals surface area (Å²) >= 11 is 0. The third-order valence-corrected chi connectivity index (χ3v) is 2.94. The number of hydrogen-bond acceptors (Lipinski definition) is 2. The number of ether oxygens (including phenoxy) is 1. The molecule has 0 aromatic heterocycles. The van der Waals surface area contributed by atoms with Crippen molar-refractivity contribution < 1.29 is 9.13 Å². The Hall–Kier alpha value is -0.930. The first kappa shape index (κ1) is 14.1. The number of benzene rings is 1. The lowest BCUT2D eigenvalue weighted by atomic mass is 9.93. The molecule has 0 spiro atoms. The first-order valence-electron chi connectivity index (χ1n) is 6.17. The Kier molecular flexibility index (Phi) is 6.82. The number of rotatable bonds is 8. The summed E-state index contributed by atoms with van der Waals surface area (Å²) in [6.07, 6.45) is 3.32. The predicted octanol–water partition coefficient (Wildman–Crippen LogP) is 2.95. The van der Waals surface area contributed by atoms with Crippen LogP contribution in [-0.2, 0) is 4.74 Å². The maximum absolute atomic E-state index is 12.9. The monoisotopic (exact) mass is 239 g/mol. The van der Waals surface area contributed by atoms with Gasteiger partial charge in [-0.2, -0.15) is 0 Å². The third-order valence-electron chi connectivity index (χ3n) is 2.94. The van der Waals surface area contributed by atoms with Crippen molar-refractivity contribution in [3.8, 4) is 0 Å². The molecule has 1 aromatic carbocycles. The normalized spacial score (nSPS) is 12.6. The van der Waals surface area contributed by atoms with E-state index in [0.717, 1.165) is 32.4 Å². The van der Waals surface area contributed by atoms with Gasteiger partial charge in [-0.05, 0) is 43.5 Å². The fraction of sp³-hybridized carbons (Fsp3) is 0.571. The van der Waals surface area contributed by atoms with Crippen LogP contribution in [-0.4, -0.2) is 27.3 Å². The quantitative estimate of drug-likeness (QED) is 0.704. The summed E-state index contributed by atoms with van der Waals surface area (Å²) in [5, 5.41) is 3.20. The lowest BCUT2D eigenvalue weighted by Gasteiger charge is -2.17. The van der Waals surface area contributed by atoms with E-state index in [1.807, 2.05) is 19.2 Å². The van der Waals surface area contributed by atoms with E-state index in [4.69, 9.17) is 4.74 Å². The summed E-state index contributed by atoms with van der Waals surface area (Å²) < 4.78 is 17.9. The highest BCUT2D eigenvalue weighted by Crippen LogP contribution is 2.21. The number of methoxy groups -OCH3 is 1. The molecule has 2 nitrogen and oxygen atoms in total. The van der Waals surface area contributed by atoms with Crippen LogP contribution < -0.4 is 5.32 Å². The van der Waals surface area contributed by atoms with Gasteiger partial charge in [-0.1, -0.05) is 18.6 Å². The molecule has 1 atom stereocenters. The Balaban J connectivity index is 2.49. The van der Waals surface area contributed by atoms with Gasteiger partial charge in [0.05, 0.1) is 0 Å². The molecule has 0 aliphatic carbocycles. The van der Waals surface area contributed by atoms with E-state index in [-0.39, 0.29) is 5.82 Å². The van der Waals surface area contributed by atoms with Crippen molar-refractivity contribution in [2.24, 2.45) is 0 Å². The van der Waals surface area contributed by atoms with E-state index in [1.165, 1.54) is 17.7 Å². The van der Waals surface area contributed by atoms with Gasteiger partial charge >= 0.3 is 0 Å². The van der Waals surface area contributed by atoms with Crippen LogP contribution >= 0.6 is 0 Å². The molecule has 96 valence electrons. The highest BCUT2D eigenvalue weighted by atomic mass is 19.1. The minimum absolute atomic E-state index is 0.170. The molecule has 0 saturated heterocycles. The van der Waals surface area contributed by atoms with Crippen LogP contribution in [0.1, 0.15) is 30.7 Å². The van der Waals surface area contributed by atoms with E-state index >= 15 is 0 Å². The number of likely N-dealkylation sites (N-methyl/N-ethyl adjacent to an activating group) is 1. The van der Waals surface area contributed by atoms with Crippen LogP contribution in [0, 0.1) is 5.82 Å². The van der Waals surface area contributed by atoms with Gasteiger partial charge in [0.1, 0.15) is 5.82 Å².